The standard InChI is InChI=1S/C14H19FO2/c1-2-3-4-5-6-7-17-14-9-12(11-16)8-13(15)10-14/h2,8-10,16H,1,3-7,11H2. The first-order valence-corrected chi connectivity index (χ1v) is 5.90. The van der Waals surface area contributed by atoms with E-state index in [9.17, 15) is 4.39 Å². The molecule has 3 heteroatoms. The van der Waals surface area contributed by atoms with E-state index in [4.69, 9.17) is 9.84 Å². The van der Waals surface area contributed by atoms with Crippen molar-refractivity contribution in [2.75, 3.05) is 6.61 Å². The van der Waals surface area contributed by atoms with E-state index in [0.717, 1.165) is 25.7 Å². The van der Waals surface area contributed by atoms with Gasteiger partial charge in [-0.05, 0) is 43.4 Å². The second-order valence-electron chi connectivity index (χ2n) is 3.94. The highest BCUT2D eigenvalue weighted by Crippen LogP contribution is 2.17. The smallest absolute Gasteiger partial charge is 0.127 e. The van der Waals surface area contributed by atoms with Gasteiger partial charge in [0.25, 0.3) is 0 Å². The predicted octanol–water partition coefficient (Wildman–Crippen LogP) is 3.44. The van der Waals surface area contributed by atoms with Crippen LogP contribution in [0, 0.1) is 5.82 Å². The molecule has 17 heavy (non-hydrogen) atoms. The Kier molecular flexibility index (Phi) is 6.33. The van der Waals surface area contributed by atoms with Crippen molar-refractivity contribution in [1.82, 2.24) is 0 Å². The van der Waals surface area contributed by atoms with Crippen molar-refractivity contribution in [3.8, 4) is 5.75 Å². The van der Waals surface area contributed by atoms with Crippen molar-refractivity contribution < 1.29 is 14.2 Å². The summed E-state index contributed by atoms with van der Waals surface area (Å²) >= 11 is 0. The number of unbranched alkanes of at least 4 members (excludes halogenated alkanes) is 3. The molecule has 0 atom stereocenters. The molecule has 1 N–H and O–H groups in total. The van der Waals surface area contributed by atoms with Gasteiger partial charge in [0.1, 0.15) is 11.6 Å². The fourth-order valence-corrected chi connectivity index (χ4v) is 1.55. The zero-order valence-electron chi connectivity index (χ0n) is 9.99. The van der Waals surface area contributed by atoms with Crippen LogP contribution >= 0.6 is 0 Å². The Morgan fingerprint density at radius 2 is 2.06 bits per heavy atom. The number of ether oxygens (including phenoxy) is 1. The van der Waals surface area contributed by atoms with E-state index in [-0.39, 0.29) is 12.4 Å². The van der Waals surface area contributed by atoms with Gasteiger partial charge in [0, 0.05) is 6.07 Å². The molecule has 0 aliphatic heterocycles. The monoisotopic (exact) mass is 238 g/mol. The molecule has 0 bridgehead atoms. The van der Waals surface area contributed by atoms with Crippen LogP contribution in [0.3, 0.4) is 0 Å². The summed E-state index contributed by atoms with van der Waals surface area (Å²) < 4.78 is 18.5. The number of hydrogen-bond acceptors (Lipinski definition) is 2. The van der Waals surface area contributed by atoms with E-state index in [1.165, 1.54) is 12.1 Å². The molecule has 0 unspecified atom stereocenters. The van der Waals surface area contributed by atoms with Gasteiger partial charge in [-0.25, -0.2) is 4.39 Å². The first-order valence-electron chi connectivity index (χ1n) is 5.90. The first kappa shape index (κ1) is 13.7. The van der Waals surface area contributed by atoms with Crippen molar-refractivity contribution >= 4 is 0 Å². The largest absolute Gasteiger partial charge is 0.493 e. The van der Waals surface area contributed by atoms with Gasteiger partial charge in [-0.2, -0.15) is 0 Å². The van der Waals surface area contributed by atoms with Gasteiger partial charge >= 0.3 is 0 Å². The van der Waals surface area contributed by atoms with E-state index >= 15 is 0 Å². The van der Waals surface area contributed by atoms with Crippen LogP contribution in [0.2, 0.25) is 0 Å². The number of rotatable bonds is 8. The summed E-state index contributed by atoms with van der Waals surface area (Å²) in [5.74, 6) is 0.107. The molecule has 0 spiro atoms. The third-order valence-corrected chi connectivity index (χ3v) is 2.43. The number of aliphatic hydroxyl groups excluding tert-OH is 1. The van der Waals surface area contributed by atoms with E-state index in [1.54, 1.807) is 6.07 Å². The van der Waals surface area contributed by atoms with E-state index < -0.39 is 0 Å². The third-order valence-electron chi connectivity index (χ3n) is 2.43. The van der Waals surface area contributed by atoms with Crippen LogP contribution in [0.5, 0.6) is 5.75 Å². The minimum absolute atomic E-state index is 0.173. The van der Waals surface area contributed by atoms with Crippen LogP contribution in [-0.2, 0) is 6.61 Å². The number of allylic oxidation sites excluding steroid dienone is 1. The molecule has 1 rings (SSSR count). The molecule has 0 amide bonds. The fourth-order valence-electron chi connectivity index (χ4n) is 1.55. The van der Waals surface area contributed by atoms with Crippen molar-refractivity contribution in [3.05, 3.63) is 42.2 Å². The molecule has 0 heterocycles. The molecule has 2 nitrogen and oxygen atoms in total. The van der Waals surface area contributed by atoms with E-state index in [2.05, 4.69) is 6.58 Å². The molecule has 94 valence electrons. The van der Waals surface area contributed by atoms with Crippen LogP contribution in [0.1, 0.15) is 31.2 Å². The maximum atomic E-state index is 13.1. The number of aliphatic hydroxyl groups is 1. The number of hydrogen-bond donors (Lipinski definition) is 1. The molecular formula is C14H19FO2. The van der Waals surface area contributed by atoms with Gasteiger partial charge in [-0.3, -0.25) is 0 Å². The lowest BCUT2D eigenvalue weighted by atomic mass is 10.2. The Labute approximate surface area is 102 Å². The topological polar surface area (TPSA) is 29.5 Å². The molecule has 0 fully saturated rings. The Hall–Kier alpha value is -1.35. The summed E-state index contributed by atoms with van der Waals surface area (Å²) in [6.07, 6.45) is 6.06. The summed E-state index contributed by atoms with van der Waals surface area (Å²) in [5.41, 5.74) is 0.534. The van der Waals surface area contributed by atoms with Gasteiger partial charge in [-0.1, -0.05) is 6.08 Å². The molecule has 1 aromatic carbocycles. The van der Waals surface area contributed by atoms with Crippen LogP contribution < -0.4 is 4.74 Å². The van der Waals surface area contributed by atoms with Crippen LogP contribution in [0.25, 0.3) is 0 Å². The predicted molar refractivity (Wildman–Crippen MR) is 66.5 cm³/mol. The Bertz CT molecular complexity index is 350. The Balaban J connectivity index is 2.31. The maximum absolute atomic E-state index is 13.1. The third kappa shape index (κ3) is 5.50. The average molecular weight is 238 g/mol. The highest BCUT2D eigenvalue weighted by Gasteiger charge is 2.01. The molecule has 0 saturated carbocycles. The van der Waals surface area contributed by atoms with Gasteiger partial charge in [0.15, 0.2) is 0 Å². The van der Waals surface area contributed by atoms with E-state index in [0.29, 0.717) is 17.9 Å². The van der Waals surface area contributed by atoms with Crippen molar-refractivity contribution in [1.29, 1.82) is 0 Å². The fraction of sp³-hybridized carbons (Fsp3) is 0.429. The summed E-state index contributed by atoms with van der Waals surface area (Å²) in [5, 5.41) is 8.92. The summed E-state index contributed by atoms with van der Waals surface area (Å²) in [7, 11) is 0. The lowest BCUT2D eigenvalue weighted by Crippen LogP contribution is -1.98. The second-order valence-corrected chi connectivity index (χ2v) is 3.94. The van der Waals surface area contributed by atoms with Crippen LogP contribution in [0.15, 0.2) is 30.9 Å². The highest BCUT2D eigenvalue weighted by molar-refractivity contribution is 5.29. The SMILES string of the molecule is C=CCCCCCOc1cc(F)cc(CO)c1. The lowest BCUT2D eigenvalue weighted by Gasteiger charge is -2.07. The number of benzene rings is 1. The minimum Gasteiger partial charge on any atom is -0.493 e. The van der Waals surface area contributed by atoms with Crippen LogP contribution in [-0.4, -0.2) is 11.7 Å². The molecule has 0 aliphatic rings. The Morgan fingerprint density at radius 1 is 1.24 bits per heavy atom. The summed E-state index contributed by atoms with van der Waals surface area (Å²) in [6, 6.07) is 4.30. The minimum atomic E-state index is -0.377. The molecular weight excluding hydrogens is 219 g/mol. The van der Waals surface area contributed by atoms with Gasteiger partial charge in [-0.15, -0.1) is 6.58 Å². The molecule has 0 aromatic heterocycles. The average Bonchev–Trinajstić information content (AvgIpc) is 2.33. The quantitative estimate of drug-likeness (QED) is 0.555. The maximum Gasteiger partial charge on any atom is 0.127 e. The molecule has 1 aromatic rings. The van der Waals surface area contributed by atoms with Gasteiger partial charge < -0.3 is 9.84 Å². The summed E-state index contributed by atoms with van der Waals surface area (Å²) in [6.45, 7) is 4.06. The highest BCUT2D eigenvalue weighted by atomic mass is 19.1. The molecule has 0 aliphatic carbocycles. The molecule has 0 radical (unpaired) electrons. The van der Waals surface area contributed by atoms with Crippen LogP contribution in [0.4, 0.5) is 4.39 Å². The lowest BCUT2D eigenvalue weighted by molar-refractivity contribution is 0.277. The Morgan fingerprint density at radius 3 is 2.76 bits per heavy atom. The normalized spacial score (nSPS) is 10.2. The van der Waals surface area contributed by atoms with Gasteiger partial charge in [0.05, 0.1) is 13.2 Å². The zero-order valence-corrected chi connectivity index (χ0v) is 9.99. The molecule has 0 saturated heterocycles. The van der Waals surface area contributed by atoms with Gasteiger partial charge in [0.2, 0.25) is 0 Å². The van der Waals surface area contributed by atoms with E-state index in [1.807, 2.05) is 6.08 Å². The number of halogens is 1. The zero-order chi connectivity index (χ0) is 12.5. The summed E-state index contributed by atoms with van der Waals surface area (Å²) in [4.78, 5) is 0. The van der Waals surface area contributed by atoms with Crippen molar-refractivity contribution in [2.24, 2.45) is 0 Å². The first-order chi connectivity index (χ1) is 8.26. The van der Waals surface area contributed by atoms with Crippen molar-refractivity contribution in [2.45, 2.75) is 32.3 Å². The van der Waals surface area contributed by atoms with Crippen molar-refractivity contribution in [3.63, 3.8) is 0 Å². The second kappa shape index (κ2) is 7.85.